The van der Waals surface area contributed by atoms with Gasteiger partial charge in [-0.05, 0) is 34.6 Å². The van der Waals surface area contributed by atoms with Gasteiger partial charge in [0, 0.05) is 17.5 Å². The summed E-state index contributed by atoms with van der Waals surface area (Å²) < 4.78 is 1.56. The molecule has 0 aliphatic heterocycles. The van der Waals surface area contributed by atoms with E-state index in [1.807, 2.05) is 30.5 Å². The number of tetrazole rings is 1. The van der Waals surface area contributed by atoms with Crippen LogP contribution in [0.3, 0.4) is 0 Å². The van der Waals surface area contributed by atoms with Gasteiger partial charge in [0.1, 0.15) is 0 Å². The molecular weight excluding hydrogens is 436 g/mol. The van der Waals surface area contributed by atoms with Crippen molar-refractivity contribution < 1.29 is 0 Å². The largest absolute Gasteiger partial charge is 0.349 e. The average Bonchev–Trinajstić information content (AvgIpc) is 3.52. The minimum atomic E-state index is -0.264. The molecule has 2 aromatic carbocycles. The van der Waals surface area contributed by atoms with Gasteiger partial charge in [0.25, 0.3) is 0 Å². The summed E-state index contributed by atoms with van der Waals surface area (Å²) in [4.78, 5) is 17.1. The average molecular weight is 459 g/mol. The van der Waals surface area contributed by atoms with Crippen molar-refractivity contribution >= 4 is 17.4 Å². The molecule has 0 saturated carbocycles. The molecule has 0 bridgehead atoms. The van der Waals surface area contributed by atoms with Gasteiger partial charge >= 0.3 is 5.69 Å². The van der Waals surface area contributed by atoms with Crippen LogP contribution < -0.4 is 5.69 Å². The third-order valence-corrected chi connectivity index (χ3v) is 6.18. The molecule has 5 rings (SSSR count). The van der Waals surface area contributed by atoms with Gasteiger partial charge < -0.3 is 0 Å². The maximum Gasteiger partial charge on any atom is 0.349 e. The highest BCUT2D eigenvalue weighted by Gasteiger charge is 2.18. The lowest BCUT2D eigenvalue weighted by molar-refractivity contribution is 0.778. The zero-order valence-electron chi connectivity index (χ0n) is 18.2. The standard InChI is InChI=1S/C23H22N8OS/c1-3-6-19-18(21-27-28-22(32)31(21)23(24-19)33-2)13-14-9-11-15(12-10-14)16-7-4-5-8-17(16)20-25-29-30-26-20/h4-5,7-12H,3,6,13H2,1-2H3,(H,28,32)(H,25,26,29,30). The van der Waals surface area contributed by atoms with Gasteiger partial charge in [-0.2, -0.15) is 10.3 Å². The number of thioether (sulfide) groups is 1. The monoisotopic (exact) mass is 458 g/mol. The Morgan fingerprint density at radius 1 is 1.03 bits per heavy atom. The van der Waals surface area contributed by atoms with Gasteiger partial charge in [-0.15, -0.1) is 10.2 Å². The van der Waals surface area contributed by atoms with E-state index in [1.54, 1.807) is 4.40 Å². The van der Waals surface area contributed by atoms with E-state index in [-0.39, 0.29) is 5.69 Å². The van der Waals surface area contributed by atoms with Crippen LogP contribution in [0, 0.1) is 0 Å². The first kappa shape index (κ1) is 21.1. The van der Waals surface area contributed by atoms with E-state index in [1.165, 1.54) is 11.8 Å². The summed E-state index contributed by atoms with van der Waals surface area (Å²) in [5.74, 6) is 0.560. The van der Waals surface area contributed by atoms with Crippen molar-refractivity contribution in [2.45, 2.75) is 31.3 Å². The summed E-state index contributed by atoms with van der Waals surface area (Å²) in [6.07, 6.45) is 4.35. The second kappa shape index (κ2) is 8.99. The van der Waals surface area contributed by atoms with Crippen molar-refractivity contribution in [2.24, 2.45) is 0 Å². The van der Waals surface area contributed by atoms with Crippen LogP contribution in [-0.2, 0) is 12.8 Å². The Kier molecular flexibility index (Phi) is 5.74. The molecule has 3 aromatic heterocycles. The predicted molar refractivity (Wildman–Crippen MR) is 127 cm³/mol. The van der Waals surface area contributed by atoms with Gasteiger partial charge in [-0.1, -0.05) is 73.6 Å². The van der Waals surface area contributed by atoms with Gasteiger partial charge in [0.15, 0.2) is 10.8 Å². The fourth-order valence-corrected chi connectivity index (χ4v) is 4.57. The van der Waals surface area contributed by atoms with E-state index in [0.29, 0.717) is 23.0 Å². The van der Waals surface area contributed by atoms with Crippen LogP contribution in [0.1, 0.15) is 30.2 Å². The van der Waals surface area contributed by atoms with Crippen molar-refractivity contribution in [3.8, 4) is 22.5 Å². The third-order valence-electron chi connectivity index (χ3n) is 5.54. The lowest BCUT2D eigenvalue weighted by Gasteiger charge is -2.13. The molecule has 166 valence electrons. The van der Waals surface area contributed by atoms with Gasteiger partial charge in [0.05, 0.1) is 5.69 Å². The number of hydrogen-bond acceptors (Lipinski definition) is 7. The fourth-order valence-electron chi connectivity index (χ4n) is 4.01. The molecule has 0 unspecified atom stereocenters. The summed E-state index contributed by atoms with van der Waals surface area (Å²) in [5.41, 5.74) is 6.47. The van der Waals surface area contributed by atoms with Crippen molar-refractivity contribution in [1.29, 1.82) is 0 Å². The van der Waals surface area contributed by atoms with E-state index in [2.05, 4.69) is 62.0 Å². The van der Waals surface area contributed by atoms with Crippen LogP contribution in [0.25, 0.3) is 28.2 Å². The summed E-state index contributed by atoms with van der Waals surface area (Å²) >= 11 is 1.45. The van der Waals surface area contributed by atoms with Crippen molar-refractivity contribution in [3.05, 3.63) is 75.8 Å². The molecule has 9 nitrogen and oxygen atoms in total. The number of nitrogens with one attached hydrogen (secondary N) is 2. The van der Waals surface area contributed by atoms with Crippen molar-refractivity contribution in [3.63, 3.8) is 0 Å². The summed E-state index contributed by atoms with van der Waals surface area (Å²) in [6, 6.07) is 16.4. The lowest BCUT2D eigenvalue weighted by atomic mass is 9.96. The number of benzene rings is 2. The van der Waals surface area contributed by atoms with Crippen LogP contribution in [0.2, 0.25) is 0 Å². The quantitative estimate of drug-likeness (QED) is 0.283. The molecule has 0 amide bonds. The van der Waals surface area contributed by atoms with E-state index >= 15 is 0 Å². The molecule has 0 aliphatic rings. The zero-order chi connectivity index (χ0) is 22.8. The number of rotatable bonds is 7. The van der Waals surface area contributed by atoms with Crippen LogP contribution >= 0.6 is 11.8 Å². The highest BCUT2D eigenvalue weighted by molar-refractivity contribution is 7.98. The number of aromatic amines is 2. The summed E-state index contributed by atoms with van der Waals surface area (Å²) in [5, 5.41) is 22.0. The molecule has 3 heterocycles. The smallest absolute Gasteiger partial charge is 0.246 e. The molecular formula is C23H22N8OS. The normalized spacial score (nSPS) is 11.3. The molecule has 5 aromatic rings. The molecule has 0 saturated heterocycles. The number of aryl methyl sites for hydroxylation is 1. The van der Waals surface area contributed by atoms with Crippen LogP contribution in [0.15, 0.2) is 58.5 Å². The predicted octanol–water partition coefficient (Wildman–Crippen LogP) is 3.53. The van der Waals surface area contributed by atoms with Crippen LogP contribution in [0.5, 0.6) is 0 Å². The van der Waals surface area contributed by atoms with E-state index in [0.717, 1.165) is 46.4 Å². The first-order valence-corrected chi connectivity index (χ1v) is 11.9. The minimum Gasteiger partial charge on any atom is -0.246 e. The molecule has 0 aliphatic carbocycles. The Hall–Kier alpha value is -3.79. The van der Waals surface area contributed by atoms with Crippen molar-refractivity contribution in [2.75, 3.05) is 6.26 Å². The highest BCUT2D eigenvalue weighted by atomic mass is 32.2. The topological polar surface area (TPSA) is 118 Å². The van der Waals surface area contributed by atoms with Gasteiger partial charge in [-0.3, -0.25) is 0 Å². The second-order valence-electron chi connectivity index (χ2n) is 7.62. The Labute approximate surface area is 193 Å². The second-order valence-corrected chi connectivity index (χ2v) is 8.39. The van der Waals surface area contributed by atoms with Crippen molar-refractivity contribution in [1.82, 2.24) is 40.2 Å². The number of hydrogen-bond donors (Lipinski definition) is 2. The van der Waals surface area contributed by atoms with E-state index in [9.17, 15) is 4.79 Å². The van der Waals surface area contributed by atoms with E-state index in [4.69, 9.17) is 4.98 Å². The SMILES string of the molecule is CCCc1nc(SC)n2c(=O)[nH]nc2c1Cc1ccc(-c2ccccc2-c2nn[nH]n2)cc1. The lowest BCUT2D eigenvalue weighted by Crippen LogP contribution is -2.15. The molecule has 10 heteroatoms. The van der Waals surface area contributed by atoms with Gasteiger partial charge in [0.2, 0.25) is 5.82 Å². The molecule has 0 fully saturated rings. The third kappa shape index (κ3) is 3.93. The minimum absolute atomic E-state index is 0.264. The number of aromatic nitrogens is 8. The number of fused-ring (bicyclic) bond motifs is 1. The Morgan fingerprint density at radius 3 is 2.52 bits per heavy atom. The first-order valence-electron chi connectivity index (χ1n) is 10.6. The molecule has 2 N–H and O–H groups in total. The summed E-state index contributed by atoms with van der Waals surface area (Å²) in [6.45, 7) is 2.13. The van der Waals surface area contributed by atoms with E-state index < -0.39 is 0 Å². The Balaban J connectivity index is 1.53. The zero-order valence-corrected chi connectivity index (χ0v) is 19.1. The first-order chi connectivity index (χ1) is 16.2. The fraction of sp³-hybridized carbons (Fsp3) is 0.217. The maximum atomic E-state index is 12.3. The highest BCUT2D eigenvalue weighted by Crippen LogP contribution is 2.30. The summed E-state index contributed by atoms with van der Waals surface area (Å²) in [7, 11) is 0. The molecule has 0 radical (unpaired) electrons. The Bertz CT molecular complexity index is 1450. The number of nitrogens with zero attached hydrogens (tertiary/aromatic N) is 6. The molecule has 0 atom stereocenters. The number of H-pyrrole nitrogens is 2. The molecule has 33 heavy (non-hydrogen) atoms. The van der Waals surface area contributed by atoms with Crippen LogP contribution in [0.4, 0.5) is 0 Å². The van der Waals surface area contributed by atoms with Gasteiger partial charge in [-0.25, -0.2) is 19.3 Å². The maximum absolute atomic E-state index is 12.3. The van der Waals surface area contributed by atoms with Crippen LogP contribution in [-0.4, -0.2) is 46.5 Å². The molecule has 0 spiro atoms. The Morgan fingerprint density at radius 2 is 1.82 bits per heavy atom.